The topological polar surface area (TPSA) is 77.1 Å². The van der Waals surface area contributed by atoms with Crippen molar-refractivity contribution in [3.63, 3.8) is 0 Å². The molecule has 0 radical (unpaired) electrons. The Morgan fingerprint density at radius 2 is 1.72 bits per heavy atom. The number of rotatable bonds is 7. The summed E-state index contributed by atoms with van der Waals surface area (Å²) < 4.78 is 15.9. The first-order valence-corrected chi connectivity index (χ1v) is 9.40. The maximum absolute atomic E-state index is 12.7. The van der Waals surface area contributed by atoms with Gasteiger partial charge in [-0.25, -0.2) is 0 Å². The van der Waals surface area contributed by atoms with Crippen LogP contribution in [0.4, 0.5) is 5.69 Å². The van der Waals surface area contributed by atoms with E-state index in [1.165, 1.54) is 0 Å². The SMILES string of the molecule is COc1ccc(CNC(=O)[C@H]2CC(=O)N(c3cc(C)ccc3OC)C2)cc1OC. The van der Waals surface area contributed by atoms with Gasteiger partial charge in [0.1, 0.15) is 5.75 Å². The molecule has 2 aromatic rings. The quantitative estimate of drug-likeness (QED) is 0.776. The number of nitrogens with one attached hydrogen (secondary N) is 1. The van der Waals surface area contributed by atoms with E-state index in [1.54, 1.807) is 32.3 Å². The molecule has 2 aromatic carbocycles. The fourth-order valence-electron chi connectivity index (χ4n) is 3.45. The van der Waals surface area contributed by atoms with E-state index in [4.69, 9.17) is 14.2 Å². The van der Waals surface area contributed by atoms with Gasteiger partial charge in [-0.15, -0.1) is 0 Å². The third-order valence-corrected chi connectivity index (χ3v) is 5.04. The van der Waals surface area contributed by atoms with E-state index in [0.29, 0.717) is 36.0 Å². The van der Waals surface area contributed by atoms with E-state index in [2.05, 4.69) is 5.32 Å². The molecule has 0 spiro atoms. The van der Waals surface area contributed by atoms with Crippen molar-refractivity contribution in [2.75, 3.05) is 32.8 Å². The number of ether oxygens (including phenoxy) is 3. The molecule has 1 atom stereocenters. The Labute approximate surface area is 170 Å². The number of carbonyl (C=O) groups is 2. The van der Waals surface area contributed by atoms with Gasteiger partial charge in [0.15, 0.2) is 11.5 Å². The second-order valence-corrected chi connectivity index (χ2v) is 6.99. The molecule has 7 heteroatoms. The van der Waals surface area contributed by atoms with Crippen molar-refractivity contribution >= 4 is 17.5 Å². The van der Waals surface area contributed by atoms with Gasteiger partial charge in [0.05, 0.1) is 32.9 Å². The summed E-state index contributed by atoms with van der Waals surface area (Å²) in [5.41, 5.74) is 2.61. The van der Waals surface area contributed by atoms with Crippen LogP contribution in [-0.4, -0.2) is 39.7 Å². The molecule has 1 fully saturated rings. The molecule has 0 unspecified atom stereocenters. The highest BCUT2D eigenvalue weighted by Crippen LogP contribution is 2.34. The fraction of sp³-hybridized carbons (Fsp3) is 0.364. The molecule has 1 heterocycles. The third-order valence-electron chi connectivity index (χ3n) is 5.04. The Morgan fingerprint density at radius 3 is 2.41 bits per heavy atom. The highest BCUT2D eigenvalue weighted by atomic mass is 16.5. The summed E-state index contributed by atoms with van der Waals surface area (Å²) in [6.45, 7) is 2.63. The predicted molar refractivity (Wildman–Crippen MR) is 110 cm³/mol. The van der Waals surface area contributed by atoms with Gasteiger partial charge >= 0.3 is 0 Å². The van der Waals surface area contributed by atoms with Crippen molar-refractivity contribution in [1.29, 1.82) is 0 Å². The summed E-state index contributed by atoms with van der Waals surface area (Å²) in [4.78, 5) is 26.9. The highest BCUT2D eigenvalue weighted by molar-refractivity contribution is 6.01. The van der Waals surface area contributed by atoms with Gasteiger partial charge in [0.2, 0.25) is 11.8 Å². The zero-order valence-corrected chi connectivity index (χ0v) is 17.2. The highest BCUT2D eigenvalue weighted by Gasteiger charge is 2.36. The number of benzene rings is 2. The molecular formula is C22H26N2O5. The lowest BCUT2D eigenvalue weighted by Crippen LogP contribution is -2.32. The van der Waals surface area contributed by atoms with Gasteiger partial charge in [-0.3, -0.25) is 9.59 Å². The second kappa shape index (κ2) is 8.86. The van der Waals surface area contributed by atoms with Crippen LogP contribution in [0.5, 0.6) is 17.2 Å². The largest absolute Gasteiger partial charge is 0.495 e. The smallest absolute Gasteiger partial charge is 0.227 e. The van der Waals surface area contributed by atoms with E-state index in [9.17, 15) is 9.59 Å². The van der Waals surface area contributed by atoms with Crippen LogP contribution < -0.4 is 24.4 Å². The van der Waals surface area contributed by atoms with E-state index in [0.717, 1.165) is 11.1 Å². The molecule has 7 nitrogen and oxygen atoms in total. The minimum Gasteiger partial charge on any atom is -0.495 e. The fourth-order valence-corrected chi connectivity index (χ4v) is 3.45. The Hall–Kier alpha value is -3.22. The number of anilines is 1. The molecule has 2 amide bonds. The van der Waals surface area contributed by atoms with Crippen molar-refractivity contribution in [2.45, 2.75) is 19.9 Å². The number of amides is 2. The predicted octanol–water partition coefficient (Wildman–Crippen LogP) is 2.69. The Bertz CT molecular complexity index is 912. The van der Waals surface area contributed by atoms with E-state index < -0.39 is 5.92 Å². The van der Waals surface area contributed by atoms with Crippen LogP contribution in [0.1, 0.15) is 17.5 Å². The molecule has 1 aliphatic rings. The summed E-state index contributed by atoms with van der Waals surface area (Å²) in [5, 5.41) is 2.92. The van der Waals surface area contributed by atoms with Gasteiger partial charge in [0, 0.05) is 19.5 Å². The summed E-state index contributed by atoms with van der Waals surface area (Å²) in [5.74, 6) is 1.21. The van der Waals surface area contributed by atoms with E-state index in [-0.39, 0.29) is 18.2 Å². The van der Waals surface area contributed by atoms with E-state index in [1.807, 2.05) is 37.3 Å². The summed E-state index contributed by atoms with van der Waals surface area (Å²) in [6.07, 6.45) is 0.175. The van der Waals surface area contributed by atoms with Crippen LogP contribution in [0, 0.1) is 12.8 Å². The van der Waals surface area contributed by atoms with Crippen LogP contribution in [0.2, 0.25) is 0 Å². The zero-order valence-electron chi connectivity index (χ0n) is 17.2. The first kappa shape index (κ1) is 20.5. The van der Waals surface area contributed by atoms with E-state index >= 15 is 0 Å². The Morgan fingerprint density at radius 1 is 1.03 bits per heavy atom. The van der Waals surface area contributed by atoms with Crippen molar-refractivity contribution in [3.8, 4) is 17.2 Å². The van der Waals surface area contributed by atoms with Crippen LogP contribution in [0.15, 0.2) is 36.4 Å². The lowest BCUT2D eigenvalue weighted by molar-refractivity contribution is -0.126. The Balaban J connectivity index is 1.66. The first-order valence-electron chi connectivity index (χ1n) is 9.40. The van der Waals surface area contributed by atoms with Gasteiger partial charge in [-0.05, 0) is 42.3 Å². The monoisotopic (exact) mass is 398 g/mol. The van der Waals surface area contributed by atoms with Crippen molar-refractivity contribution in [1.82, 2.24) is 5.32 Å². The van der Waals surface area contributed by atoms with Crippen LogP contribution in [0.3, 0.4) is 0 Å². The van der Waals surface area contributed by atoms with Crippen LogP contribution in [0.25, 0.3) is 0 Å². The zero-order chi connectivity index (χ0) is 21.0. The number of hydrogen-bond acceptors (Lipinski definition) is 5. The average molecular weight is 398 g/mol. The molecule has 0 aromatic heterocycles. The lowest BCUT2D eigenvalue weighted by atomic mass is 10.1. The number of methoxy groups -OCH3 is 3. The molecular weight excluding hydrogens is 372 g/mol. The molecule has 3 rings (SSSR count). The van der Waals surface area contributed by atoms with Gasteiger partial charge in [-0.1, -0.05) is 12.1 Å². The molecule has 154 valence electrons. The van der Waals surface area contributed by atoms with Gasteiger partial charge < -0.3 is 24.4 Å². The maximum atomic E-state index is 12.7. The Kier molecular flexibility index (Phi) is 6.26. The molecule has 29 heavy (non-hydrogen) atoms. The average Bonchev–Trinajstić information content (AvgIpc) is 3.13. The summed E-state index contributed by atoms with van der Waals surface area (Å²) >= 11 is 0. The molecule has 1 aliphatic heterocycles. The van der Waals surface area contributed by atoms with Crippen molar-refractivity contribution < 1.29 is 23.8 Å². The van der Waals surface area contributed by atoms with Gasteiger partial charge in [-0.2, -0.15) is 0 Å². The summed E-state index contributed by atoms with van der Waals surface area (Å²) in [7, 11) is 4.71. The third kappa shape index (κ3) is 4.45. The molecule has 1 N–H and O–H groups in total. The minimum absolute atomic E-state index is 0.0832. The molecule has 0 aliphatic carbocycles. The number of hydrogen-bond donors (Lipinski definition) is 1. The van der Waals surface area contributed by atoms with Gasteiger partial charge in [0.25, 0.3) is 0 Å². The molecule has 0 bridgehead atoms. The maximum Gasteiger partial charge on any atom is 0.227 e. The van der Waals surface area contributed by atoms with Crippen molar-refractivity contribution in [2.24, 2.45) is 5.92 Å². The summed E-state index contributed by atoms with van der Waals surface area (Å²) in [6, 6.07) is 11.2. The first-order chi connectivity index (χ1) is 14.0. The molecule has 0 saturated carbocycles. The number of carbonyl (C=O) groups excluding carboxylic acids is 2. The second-order valence-electron chi connectivity index (χ2n) is 6.99. The lowest BCUT2D eigenvalue weighted by Gasteiger charge is -2.20. The standard InChI is InChI=1S/C22H26N2O5/c1-14-5-7-18(27-2)17(9-14)24-13-16(11-21(24)25)22(26)23-12-15-6-8-19(28-3)20(10-15)29-4/h5-10,16H,11-13H2,1-4H3,(H,23,26)/t16-/m0/s1. The van der Waals surface area contributed by atoms with Crippen LogP contribution in [-0.2, 0) is 16.1 Å². The van der Waals surface area contributed by atoms with Crippen molar-refractivity contribution in [3.05, 3.63) is 47.5 Å². The minimum atomic E-state index is -0.409. The normalized spacial score (nSPS) is 15.9. The van der Waals surface area contributed by atoms with Crippen LogP contribution >= 0.6 is 0 Å². The number of nitrogens with zero attached hydrogens (tertiary/aromatic N) is 1. The number of aryl methyl sites for hydroxylation is 1. The molecule has 1 saturated heterocycles.